The third-order valence-corrected chi connectivity index (χ3v) is 7.69. The molecular weight excluding hydrogens is 400 g/mol. The lowest BCUT2D eigenvalue weighted by atomic mass is 9.50. The van der Waals surface area contributed by atoms with Gasteiger partial charge in [-0.1, -0.05) is 0 Å². The predicted molar refractivity (Wildman–Crippen MR) is 111 cm³/mol. The van der Waals surface area contributed by atoms with Crippen molar-refractivity contribution in [3.8, 4) is 6.07 Å². The Morgan fingerprint density at radius 3 is 2.58 bits per heavy atom. The van der Waals surface area contributed by atoms with Crippen molar-refractivity contribution >= 4 is 12.0 Å². The molecular formula is C22H34N4O5. The minimum absolute atomic E-state index is 0.178. The van der Waals surface area contributed by atoms with E-state index in [-0.39, 0.29) is 18.1 Å². The Bertz CT molecular complexity index is 724. The quantitative estimate of drug-likeness (QED) is 0.527. The summed E-state index contributed by atoms with van der Waals surface area (Å²) >= 11 is 0. The van der Waals surface area contributed by atoms with Gasteiger partial charge in [-0.05, 0) is 63.2 Å². The normalized spacial score (nSPS) is 35.9. The van der Waals surface area contributed by atoms with Crippen LogP contribution < -0.4 is 5.73 Å². The van der Waals surface area contributed by atoms with Crippen molar-refractivity contribution in [3.05, 3.63) is 0 Å². The Kier molecular flexibility index (Phi) is 6.42. The maximum absolute atomic E-state index is 13.0. The van der Waals surface area contributed by atoms with Crippen molar-refractivity contribution in [2.24, 2.45) is 17.6 Å². The monoisotopic (exact) mass is 434 g/mol. The molecule has 2 amide bonds. The molecule has 31 heavy (non-hydrogen) atoms. The summed E-state index contributed by atoms with van der Waals surface area (Å²) in [6, 6.07) is 1.73. The van der Waals surface area contributed by atoms with Gasteiger partial charge < -0.3 is 25.2 Å². The number of hydrogen-bond donors (Lipinski definition) is 2. The molecule has 5 fully saturated rings. The average molecular weight is 435 g/mol. The van der Waals surface area contributed by atoms with Gasteiger partial charge in [-0.2, -0.15) is 5.26 Å². The molecule has 9 heteroatoms. The van der Waals surface area contributed by atoms with Gasteiger partial charge in [0.1, 0.15) is 12.6 Å². The van der Waals surface area contributed by atoms with E-state index in [9.17, 15) is 20.0 Å². The van der Waals surface area contributed by atoms with Gasteiger partial charge in [0.15, 0.2) is 0 Å². The topological polar surface area (TPSA) is 129 Å². The van der Waals surface area contributed by atoms with Crippen molar-refractivity contribution < 1.29 is 24.2 Å². The minimum Gasteiger partial charge on any atom is -0.465 e. The highest BCUT2D eigenvalue weighted by Crippen LogP contribution is 2.60. The van der Waals surface area contributed by atoms with Crippen LogP contribution in [0.25, 0.3) is 0 Å². The third kappa shape index (κ3) is 4.38. The highest BCUT2D eigenvalue weighted by molar-refractivity contribution is 5.83. The number of rotatable bonds is 9. The van der Waals surface area contributed by atoms with Gasteiger partial charge >= 0.3 is 6.09 Å². The van der Waals surface area contributed by atoms with Gasteiger partial charge in [0.05, 0.1) is 37.0 Å². The SMILES string of the molecule is N#CC1CCCN1C(=O)CN(C(=O)O)C12CC3C[C@H](CC(OCCOCCN)(C3)C1)C2. The smallest absolute Gasteiger partial charge is 0.408 e. The summed E-state index contributed by atoms with van der Waals surface area (Å²) < 4.78 is 11.8. The Labute approximate surface area is 183 Å². The van der Waals surface area contributed by atoms with Gasteiger partial charge in [0.25, 0.3) is 0 Å². The summed E-state index contributed by atoms with van der Waals surface area (Å²) in [5, 5.41) is 19.4. The maximum Gasteiger partial charge on any atom is 0.408 e. The van der Waals surface area contributed by atoms with Crippen molar-refractivity contribution in [2.75, 3.05) is 39.5 Å². The van der Waals surface area contributed by atoms with E-state index in [2.05, 4.69) is 6.07 Å². The number of likely N-dealkylation sites (tertiary alicyclic amines) is 1. The first-order chi connectivity index (χ1) is 14.9. The highest BCUT2D eigenvalue weighted by Gasteiger charge is 2.61. The fourth-order valence-electron chi connectivity index (χ4n) is 6.98. The van der Waals surface area contributed by atoms with Crippen molar-refractivity contribution in [2.45, 2.75) is 68.5 Å². The third-order valence-electron chi connectivity index (χ3n) is 7.69. The van der Waals surface area contributed by atoms with Crippen molar-refractivity contribution in [1.82, 2.24) is 9.80 Å². The number of carboxylic acid groups (broad SMARTS) is 1. The van der Waals surface area contributed by atoms with Crippen LogP contribution in [-0.2, 0) is 14.3 Å². The number of hydrogen-bond acceptors (Lipinski definition) is 6. The first-order valence-corrected chi connectivity index (χ1v) is 11.5. The molecule has 4 saturated carbocycles. The Morgan fingerprint density at radius 2 is 1.94 bits per heavy atom. The molecule has 1 heterocycles. The second-order valence-electron chi connectivity index (χ2n) is 9.86. The van der Waals surface area contributed by atoms with E-state index in [1.165, 1.54) is 4.90 Å². The largest absolute Gasteiger partial charge is 0.465 e. The number of ether oxygens (including phenoxy) is 2. The fraction of sp³-hybridized carbons (Fsp3) is 0.864. The standard InChI is InChI=1S/C22H34N4O5/c23-3-5-30-6-7-31-22-11-16-8-17(12-22)10-21(9-16,15-22)26(20(28)29)14-19(27)25-4-1-2-18(25)13-24/h16-18H,1-12,14-15,23H2,(H,28,29)/t16-,17?,18?,21?,22?/m0/s1. The molecule has 5 atom stereocenters. The fourth-order valence-corrected chi connectivity index (χ4v) is 6.98. The molecule has 4 unspecified atom stereocenters. The van der Waals surface area contributed by atoms with E-state index < -0.39 is 17.7 Å². The molecule has 0 aromatic carbocycles. The predicted octanol–water partition coefficient (Wildman–Crippen LogP) is 1.56. The van der Waals surface area contributed by atoms with Crippen LogP contribution in [0.5, 0.6) is 0 Å². The molecule has 9 nitrogen and oxygen atoms in total. The Morgan fingerprint density at radius 1 is 1.19 bits per heavy atom. The Hall–Kier alpha value is -1.89. The molecule has 1 aliphatic heterocycles. The lowest BCUT2D eigenvalue weighted by Gasteiger charge is -2.63. The van der Waals surface area contributed by atoms with E-state index in [1.807, 2.05) is 0 Å². The van der Waals surface area contributed by atoms with Crippen LogP contribution in [0.4, 0.5) is 4.79 Å². The second-order valence-corrected chi connectivity index (χ2v) is 9.86. The molecule has 0 aromatic heterocycles. The van der Waals surface area contributed by atoms with Crippen LogP contribution in [0.2, 0.25) is 0 Å². The zero-order valence-electron chi connectivity index (χ0n) is 18.1. The highest BCUT2D eigenvalue weighted by atomic mass is 16.5. The van der Waals surface area contributed by atoms with Crippen LogP contribution in [0.1, 0.15) is 51.4 Å². The summed E-state index contributed by atoms with van der Waals surface area (Å²) in [5.41, 5.74) is 4.56. The molecule has 3 N–H and O–H groups in total. The first-order valence-electron chi connectivity index (χ1n) is 11.5. The minimum atomic E-state index is -1.05. The van der Waals surface area contributed by atoms with E-state index in [4.69, 9.17) is 15.2 Å². The van der Waals surface area contributed by atoms with Crippen LogP contribution in [0.15, 0.2) is 0 Å². The van der Waals surface area contributed by atoms with Crippen LogP contribution in [0.3, 0.4) is 0 Å². The van der Waals surface area contributed by atoms with E-state index in [0.717, 1.165) is 38.5 Å². The first kappa shape index (κ1) is 22.3. The summed E-state index contributed by atoms with van der Waals surface area (Å²) in [7, 11) is 0. The second kappa shape index (κ2) is 8.93. The molecule has 5 rings (SSSR count). The molecule has 0 radical (unpaired) electrons. The van der Waals surface area contributed by atoms with Gasteiger partial charge in [-0.25, -0.2) is 4.79 Å². The van der Waals surface area contributed by atoms with Crippen molar-refractivity contribution in [1.29, 1.82) is 5.26 Å². The molecule has 4 bridgehead atoms. The van der Waals surface area contributed by atoms with E-state index in [1.54, 1.807) is 4.90 Å². The van der Waals surface area contributed by atoms with Crippen LogP contribution in [-0.4, -0.2) is 83.5 Å². The summed E-state index contributed by atoms with van der Waals surface area (Å²) in [6.45, 7) is 2.28. The summed E-state index contributed by atoms with van der Waals surface area (Å²) in [4.78, 5) is 28.3. The number of carbonyl (C=O) groups is 2. The van der Waals surface area contributed by atoms with E-state index >= 15 is 0 Å². The molecule has 0 spiro atoms. The van der Waals surface area contributed by atoms with Crippen molar-refractivity contribution in [3.63, 3.8) is 0 Å². The molecule has 0 aromatic rings. The van der Waals surface area contributed by atoms with Gasteiger partial charge in [0, 0.05) is 13.1 Å². The molecule has 4 aliphatic carbocycles. The molecule has 5 aliphatic rings. The number of nitriles is 1. The number of amides is 2. The molecule has 1 saturated heterocycles. The lowest BCUT2D eigenvalue weighted by molar-refractivity contribution is -0.200. The van der Waals surface area contributed by atoms with Crippen LogP contribution >= 0.6 is 0 Å². The lowest BCUT2D eigenvalue weighted by Crippen LogP contribution is -2.68. The zero-order chi connectivity index (χ0) is 22.1. The number of nitrogens with two attached hydrogens (primary N) is 1. The van der Waals surface area contributed by atoms with Gasteiger partial charge in [-0.3, -0.25) is 9.69 Å². The zero-order valence-corrected chi connectivity index (χ0v) is 18.1. The maximum atomic E-state index is 13.0. The number of nitrogens with zero attached hydrogens (tertiary/aromatic N) is 3. The molecule has 172 valence electrons. The van der Waals surface area contributed by atoms with E-state index in [0.29, 0.717) is 57.6 Å². The summed E-state index contributed by atoms with van der Waals surface area (Å²) in [5.74, 6) is 0.580. The average Bonchev–Trinajstić information content (AvgIpc) is 3.19. The van der Waals surface area contributed by atoms with Crippen LogP contribution in [0, 0.1) is 23.2 Å². The van der Waals surface area contributed by atoms with Gasteiger partial charge in [-0.15, -0.1) is 0 Å². The number of carbonyl (C=O) groups excluding carboxylic acids is 1. The Balaban J connectivity index is 1.48. The van der Waals surface area contributed by atoms with Gasteiger partial charge in [0.2, 0.25) is 5.91 Å². The summed E-state index contributed by atoms with van der Waals surface area (Å²) in [6.07, 6.45) is 5.62.